The van der Waals surface area contributed by atoms with Crippen LogP contribution in [0.5, 0.6) is 11.5 Å². The molecule has 8 aromatic carbocycles. The SMILES string of the molecule is [2H]c1c([2H])c([2H])c(-c2cccc(-c3cc(C(C)(C)C)cc(C(C)(C)C)c3)c2-[n+]2[c-]n(-c3[c-]c(Oc4[c-]c5c(cc4)c4ccccc4n5-c4cc(C([2H])([2H])C(C)C)ccn4)ccc3)c3ccc(-c4ccccc4)cc32)c([2H])c1[2H].[Pt]. The van der Waals surface area contributed by atoms with Crippen LogP contribution in [-0.4, -0.2) is 14.1 Å². The predicted octanol–water partition coefficient (Wildman–Crippen LogP) is 16.4. The second-order valence-electron chi connectivity index (χ2n) is 20.5. The number of imidazole rings is 1. The van der Waals surface area contributed by atoms with Crippen LogP contribution in [0.15, 0.2) is 188 Å². The molecule has 0 saturated carbocycles. The van der Waals surface area contributed by atoms with Gasteiger partial charge in [0.2, 0.25) is 0 Å². The second-order valence-corrected chi connectivity index (χ2v) is 20.5. The number of hydrogen-bond acceptors (Lipinski definition) is 2. The molecule has 72 heavy (non-hydrogen) atoms. The predicted molar refractivity (Wildman–Crippen MR) is 292 cm³/mol. The topological polar surface area (TPSA) is 35.9 Å². The van der Waals surface area contributed by atoms with E-state index >= 15 is 0 Å². The van der Waals surface area contributed by atoms with Crippen LogP contribution in [0.1, 0.15) is 81.7 Å². The summed E-state index contributed by atoms with van der Waals surface area (Å²) in [6, 6.07) is 55.1. The van der Waals surface area contributed by atoms with E-state index in [0.29, 0.717) is 39.8 Å². The Balaban J connectivity index is 0.00000704. The first-order valence-corrected chi connectivity index (χ1v) is 24.2. The summed E-state index contributed by atoms with van der Waals surface area (Å²) in [6.07, 6.45) is 3.79. The number of rotatable bonds is 10. The fourth-order valence-electron chi connectivity index (χ4n) is 9.40. The van der Waals surface area contributed by atoms with E-state index in [9.17, 15) is 2.74 Å². The average Bonchev–Trinajstić information content (AvgIpc) is 4.23. The zero-order chi connectivity index (χ0) is 55.2. The molecule has 360 valence electrons. The van der Waals surface area contributed by atoms with Gasteiger partial charge in [0, 0.05) is 47.0 Å². The van der Waals surface area contributed by atoms with Crippen LogP contribution >= 0.6 is 0 Å². The summed E-state index contributed by atoms with van der Waals surface area (Å²) in [6.45, 7) is 16.9. The van der Waals surface area contributed by atoms with Crippen LogP contribution < -0.4 is 9.30 Å². The fraction of sp³-hybridized carbons (Fsp3) is 0.182. The number of hydrogen-bond donors (Lipinski definition) is 0. The van der Waals surface area contributed by atoms with Gasteiger partial charge in [0.15, 0.2) is 0 Å². The van der Waals surface area contributed by atoms with E-state index in [1.807, 2.05) is 125 Å². The molecule has 5 nitrogen and oxygen atoms in total. The van der Waals surface area contributed by atoms with E-state index in [4.69, 9.17) is 16.6 Å². The molecule has 0 N–H and O–H groups in total. The molecule has 0 aliphatic heterocycles. The van der Waals surface area contributed by atoms with Crippen LogP contribution in [0.25, 0.3) is 83.4 Å². The van der Waals surface area contributed by atoms with E-state index in [1.54, 1.807) is 12.3 Å². The van der Waals surface area contributed by atoms with Gasteiger partial charge in [0.25, 0.3) is 6.33 Å². The van der Waals surface area contributed by atoms with Crippen molar-refractivity contribution in [2.75, 3.05) is 0 Å². The van der Waals surface area contributed by atoms with Crippen LogP contribution in [0, 0.1) is 24.4 Å². The Bertz CT molecular complexity index is 4110. The second kappa shape index (κ2) is 19.4. The largest absolute Gasteiger partial charge is 0.510 e. The zero-order valence-corrected chi connectivity index (χ0v) is 43.9. The Morgan fingerprint density at radius 2 is 1.32 bits per heavy atom. The standard InChI is InChI=1S/C66H58N4O.Pt/c1-44(2)35-45-33-34-67-63(36-45)70-59-28-16-15-25-57(59)58-31-30-54(42-61(58)70)71-53-24-17-23-52(41-53)68-43-69(62-39-48(29-32-60(62)68)46-19-11-9-12-20-46)64-55(47-21-13-10-14-22-47)26-18-27-56(64)49-37-50(65(3,4)5)40-51(38-49)66(6,7)8;/h9-34,36-40,44H,35H2,1-8H3;/q-2;/i10D,13D,14D,21D,22D,35D2;. The monoisotopic (exact) mass is 1120 g/mol. The molecule has 0 spiro atoms. The summed E-state index contributed by atoms with van der Waals surface area (Å²) >= 11 is 0. The number of para-hydroxylation sites is 2. The van der Waals surface area contributed by atoms with Gasteiger partial charge in [-0.3, -0.25) is 4.57 Å². The molecule has 0 amide bonds. The van der Waals surface area contributed by atoms with Gasteiger partial charge in [-0.05, 0) is 109 Å². The molecule has 0 radical (unpaired) electrons. The van der Waals surface area contributed by atoms with Crippen molar-refractivity contribution in [3.05, 3.63) is 223 Å². The summed E-state index contributed by atoms with van der Waals surface area (Å²) in [7, 11) is 0. The van der Waals surface area contributed by atoms with E-state index in [2.05, 4.69) is 109 Å². The van der Waals surface area contributed by atoms with Crippen molar-refractivity contribution >= 4 is 32.8 Å². The Kier molecular flexibility index (Phi) is 10.8. The van der Waals surface area contributed by atoms with Crippen LogP contribution in [0.2, 0.25) is 0 Å². The van der Waals surface area contributed by atoms with Crippen LogP contribution in [-0.2, 0) is 38.3 Å². The Labute approximate surface area is 448 Å². The first-order chi connectivity index (χ1) is 37.1. The van der Waals surface area contributed by atoms with Crippen molar-refractivity contribution in [3.63, 3.8) is 0 Å². The molecule has 11 aromatic rings. The Morgan fingerprint density at radius 3 is 2.06 bits per heavy atom. The summed E-state index contributed by atoms with van der Waals surface area (Å²) in [5.41, 5.74) is 10.8. The summed E-state index contributed by atoms with van der Waals surface area (Å²) in [5, 5.41) is 1.93. The third-order valence-corrected chi connectivity index (χ3v) is 13.0. The Morgan fingerprint density at radius 1 is 0.625 bits per heavy atom. The van der Waals surface area contributed by atoms with Gasteiger partial charge in [-0.2, -0.15) is 18.2 Å². The van der Waals surface area contributed by atoms with Crippen molar-refractivity contribution in [2.24, 2.45) is 5.92 Å². The summed E-state index contributed by atoms with van der Waals surface area (Å²) in [4.78, 5) is 4.75. The van der Waals surface area contributed by atoms with Crippen LogP contribution in [0.4, 0.5) is 0 Å². The van der Waals surface area contributed by atoms with Gasteiger partial charge in [-0.15, -0.1) is 29.7 Å². The molecule has 0 fully saturated rings. The van der Waals surface area contributed by atoms with Crippen molar-refractivity contribution in [2.45, 2.75) is 72.6 Å². The molecule has 3 heterocycles. The number of nitrogens with zero attached hydrogens (tertiary/aromatic N) is 4. The van der Waals surface area contributed by atoms with E-state index in [1.165, 1.54) is 0 Å². The van der Waals surface area contributed by atoms with Gasteiger partial charge >= 0.3 is 0 Å². The van der Waals surface area contributed by atoms with Crippen molar-refractivity contribution in [3.8, 4) is 62.1 Å². The third-order valence-electron chi connectivity index (χ3n) is 13.0. The molecule has 0 aliphatic rings. The first kappa shape index (κ1) is 40.3. The van der Waals surface area contributed by atoms with E-state index in [-0.39, 0.29) is 55.5 Å². The zero-order valence-electron chi connectivity index (χ0n) is 48.6. The minimum Gasteiger partial charge on any atom is -0.510 e. The smallest absolute Gasteiger partial charge is 0.268 e. The fourth-order valence-corrected chi connectivity index (χ4v) is 9.40. The molecular weight excluding hydrogens is 1060 g/mol. The minimum absolute atomic E-state index is 0. The van der Waals surface area contributed by atoms with Crippen LogP contribution in [0.3, 0.4) is 0 Å². The number of fused-ring (bicyclic) bond motifs is 4. The maximum atomic E-state index is 9.34. The minimum atomic E-state index is -1.58. The molecule has 0 atom stereocenters. The maximum absolute atomic E-state index is 9.34. The number of ether oxygens (including phenoxy) is 1. The molecule has 0 bridgehead atoms. The molecule has 11 rings (SSSR count). The van der Waals surface area contributed by atoms with Gasteiger partial charge < -0.3 is 13.9 Å². The molecule has 0 aliphatic carbocycles. The summed E-state index contributed by atoms with van der Waals surface area (Å²) < 4.78 is 75.2. The van der Waals surface area contributed by atoms with Crippen molar-refractivity contribution < 1.29 is 40.0 Å². The summed E-state index contributed by atoms with van der Waals surface area (Å²) in [5.74, 6) is 1.15. The third kappa shape index (κ3) is 9.35. The quantitative estimate of drug-likeness (QED) is 0.101. The van der Waals surface area contributed by atoms with Gasteiger partial charge in [0.05, 0.1) is 23.6 Å². The first-order valence-electron chi connectivity index (χ1n) is 27.7. The number of benzene rings is 8. The Hall–Kier alpha value is -7.33. The van der Waals surface area contributed by atoms with Crippen molar-refractivity contribution in [1.82, 2.24) is 14.1 Å². The molecule has 6 heteroatoms. The molecule has 0 unspecified atom stereocenters. The number of pyridine rings is 1. The normalized spacial score (nSPS) is 13.5. The number of aromatic nitrogens is 4. The van der Waals surface area contributed by atoms with Crippen molar-refractivity contribution in [1.29, 1.82) is 0 Å². The van der Waals surface area contributed by atoms with E-state index in [0.717, 1.165) is 66.2 Å². The molecular formula is C66H58N4OPt-2. The average molecular weight is 1130 g/mol. The van der Waals surface area contributed by atoms with Gasteiger partial charge in [-0.1, -0.05) is 188 Å². The van der Waals surface area contributed by atoms with Gasteiger partial charge in [-0.25, -0.2) is 4.98 Å². The maximum Gasteiger partial charge on any atom is 0.268 e. The van der Waals surface area contributed by atoms with Gasteiger partial charge in [0.1, 0.15) is 5.82 Å². The molecule has 0 saturated heterocycles. The van der Waals surface area contributed by atoms with E-state index < -0.39 is 24.5 Å². The molecule has 3 aromatic heterocycles.